The highest BCUT2D eigenvalue weighted by molar-refractivity contribution is 7.89. The largest absolute Gasteiger partial charge is 0.494 e. The number of sulfonamides is 1. The van der Waals surface area contributed by atoms with Crippen LogP contribution in [0.5, 0.6) is 5.75 Å². The Bertz CT molecular complexity index is 867. The normalized spacial score (nSPS) is 15.9. The minimum absolute atomic E-state index is 0.0601. The van der Waals surface area contributed by atoms with Crippen LogP contribution >= 0.6 is 11.6 Å². The van der Waals surface area contributed by atoms with Crippen LogP contribution in [0.25, 0.3) is 0 Å². The predicted molar refractivity (Wildman–Crippen MR) is 100.0 cm³/mol. The standard InChI is InChI=1S/C18H20ClFN2O3S/c1-2-25-16-6-4-15(5-7-16)21-9-11-22(12-10-21)26(23,24)18-8-3-14(20)13-17(18)19/h3-8,13H,2,9-12H2,1H3. The Kier molecular flexibility index (Phi) is 5.70. The van der Waals surface area contributed by atoms with E-state index in [0.717, 1.165) is 23.6 Å². The summed E-state index contributed by atoms with van der Waals surface area (Å²) in [5, 5.41) is -0.0982. The average molecular weight is 399 g/mol. The molecule has 0 unspecified atom stereocenters. The zero-order valence-corrected chi connectivity index (χ0v) is 15.9. The third kappa shape index (κ3) is 3.95. The fourth-order valence-electron chi connectivity index (χ4n) is 2.93. The summed E-state index contributed by atoms with van der Waals surface area (Å²) in [7, 11) is -3.74. The molecule has 0 amide bonds. The van der Waals surface area contributed by atoms with Gasteiger partial charge >= 0.3 is 0 Å². The Labute approximate surface area is 158 Å². The van der Waals surface area contributed by atoms with Crippen molar-refractivity contribution in [2.75, 3.05) is 37.7 Å². The highest BCUT2D eigenvalue weighted by atomic mass is 35.5. The molecule has 0 bridgehead atoms. The molecule has 140 valence electrons. The zero-order valence-electron chi connectivity index (χ0n) is 14.4. The van der Waals surface area contributed by atoms with Gasteiger partial charge in [0.25, 0.3) is 0 Å². The lowest BCUT2D eigenvalue weighted by molar-refractivity contribution is 0.340. The summed E-state index contributed by atoms with van der Waals surface area (Å²) in [5.41, 5.74) is 1.02. The minimum atomic E-state index is -3.74. The molecule has 3 rings (SSSR count). The van der Waals surface area contributed by atoms with Crippen LogP contribution in [0.1, 0.15) is 6.92 Å². The molecule has 5 nitrogen and oxygen atoms in total. The minimum Gasteiger partial charge on any atom is -0.494 e. The van der Waals surface area contributed by atoms with E-state index in [1.165, 1.54) is 10.4 Å². The lowest BCUT2D eigenvalue weighted by Gasteiger charge is -2.35. The Morgan fingerprint density at radius 1 is 1.08 bits per heavy atom. The molecule has 1 saturated heterocycles. The molecule has 0 spiro atoms. The van der Waals surface area contributed by atoms with Gasteiger partial charge in [-0.3, -0.25) is 0 Å². The van der Waals surface area contributed by atoms with E-state index in [9.17, 15) is 12.8 Å². The SMILES string of the molecule is CCOc1ccc(N2CCN(S(=O)(=O)c3ccc(F)cc3Cl)CC2)cc1. The van der Waals surface area contributed by atoms with Crippen molar-refractivity contribution in [3.05, 3.63) is 53.3 Å². The first kappa shape index (κ1) is 18.9. The number of rotatable bonds is 5. The fourth-order valence-corrected chi connectivity index (χ4v) is 4.86. The van der Waals surface area contributed by atoms with Gasteiger partial charge in [-0.15, -0.1) is 0 Å². The molecule has 1 aliphatic heterocycles. The first-order valence-electron chi connectivity index (χ1n) is 8.35. The Hall–Kier alpha value is -1.83. The fraction of sp³-hybridized carbons (Fsp3) is 0.333. The molecular formula is C18H20ClFN2O3S. The summed E-state index contributed by atoms with van der Waals surface area (Å²) in [6.45, 7) is 4.34. The highest BCUT2D eigenvalue weighted by Gasteiger charge is 2.30. The van der Waals surface area contributed by atoms with Crippen LogP contribution in [0, 0.1) is 5.82 Å². The van der Waals surface area contributed by atoms with Crippen molar-refractivity contribution in [1.29, 1.82) is 0 Å². The van der Waals surface area contributed by atoms with E-state index in [4.69, 9.17) is 16.3 Å². The average Bonchev–Trinajstić information content (AvgIpc) is 2.62. The van der Waals surface area contributed by atoms with Crippen molar-refractivity contribution in [2.24, 2.45) is 0 Å². The molecule has 0 aliphatic carbocycles. The highest BCUT2D eigenvalue weighted by Crippen LogP contribution is 2.27. The van der Waals surface area contributed by atoms with Crippen LogP contribution in [0.3, 0.4) is 0 Å². The first-order chi connectivity index (χ1) is 12.4. The summed E-state index contributed by atoms with van der Waals surface area (Å²) in [6.07, 6.45) is 0. The molecule has 2 aromatic carbocycles. The van der Waals surface area contributed by atoms with Crippen LogP contribution < -0.4 is 9.64 Å². The maximum atomic E-state index is 13.2. The molecule has 1 heterocycles. The van der Waals surface area contributed by atoms with Gasteiger partial charge in [0.1, 0.15) is 16.5 Å². The van der Waals surface area contributed by atoms with Crippen LogP contribution in [-0.2, 0) is 10.0 Å². The van der Waals surface area contributed by atoms with Gasteiger partial charge in [-0.2, -0.15) is 4.31 Å². The molecule has 26 heavy (non-hydrogen) atoms. The number of benzene rings is 2. The second-order valence-electron chi connectivity index (χ2n) is 5.89. The smallest absolute Gasteiger partial charge is 0.244 e. The third-order valence-electron chi connectivity index (χ3n) is 4.26. The zero-order chi connectivity index (χ0) is 18.7. The Morgan fingerprint density at radius 2 is 1.73 bits per heavy atom. The number of nitrogens with zero attached hydrogens (tertiary/aromatic N) is 2. The van der Waals surface area contributed by atoms with E-state index in [1.54, 1.807) is 0 Å². The Morgan fingerprint density at radius 3 is 2.31 bits per heavy atom. The van der Waals surface area contributed by atoms with E-state index in [0.29, 0.717) is 32.8 Å². The van der Waals surface area contributed by atoms with E-state index in [1.807, 2.05) is 31.2 Å². The van der Waals surface area contributed by atoms with E-state index >= 15 is 0 Å². The summed E-state index contributed by atoms with van der Waals surface area (Å²) in [6, 6.07) is 11.1. The monoisotopic (exact) mass is 398 g/mol. The van der Waals surface area contributed by atoms with E-state index in [-0.39, 0.29) is 9.92 Å². The molecule has 0 radical (unpaired) electrons. The molecule has 0 N–H and O–H groups in total. The maximum absolute atomic E-state index is 13.2. The number of hydrogen-bond acceptors (Lipinski definition) is 4. The van der Waals surface area contributed by atoms with Crippen molar-refractivity contribution in [3.8, 4) is 5.75 Å². The van der Waals surface area contributed by atoms with Crippen molar-refractivity contribution in [1.82, 2.24) is 4.31 Å². The van der Waals surface area contributed by atoms with Crippen molar-refractivity contribution >= 4 is 27.3 Å². The van der Waals surface area contributed by atoms with Gasteiger partial charge in [-0.25, -0.2) is 12.8 Å². The molecular weight excluding hydrogens is 379 g/mol. The van der Waals surface area contributed by atoms with Crippen LogP contribution in [0.4, 0.5) is 10.1 Å². The maximum Gasteiger partial charge on any atom is 0.244 e. The number of ether oxygens (including phenoxy) is 1. The van der Waals surface area contributed by atoms with Crippen molar-refractivity contribution < 1.29 is 17.5 Å². The second-order valence-corrected chi connectivity index (χ2v) is 8.21. The van der Waals surface area contributed by atoms with Crippen LogP contribution in [0.2, 0.25) is 5.02 Å². The summed E-state index contributed by atoms with van der Waals surface area (Å²) >= 11 is 5.93. The quantitative estimate of drug-likeness (QED) is 0.774. The Balaban J connectivity index is 1.69. The van der Waals surface area contributed by atoms with Gasteiger partial charge in [0, 0.05) is 31.9 Å². The van der Waals surface area contributed by atoms with Gasteiger partial charge in [-0.1, -0.05) is 11.6 Å². The van der Waals surface area contributed by atoms with Crippen LogP contribution in [0.15, 0.2) is 47.4 Å². The molecule has 0 saturated carbocycles. The van der Waals surface area contributed by atoms with Gasteiger partial charge < -0.3 is 9.64 Å². The van der Waals surface area contributed by atoms with Crippen molar-refractivity contribution in [2.45, 2.75) is 11.8 Å². The first-order valence-corrected chi connectivity index (χ1v) is 10.2. The second kappa shape index (κ2) is 7.82. The molecule has 2 aromatic rings. The number of halogens is 2. The van der Waals surface area contributed by atoms with Crippen molar-refractivity contribution in [3.63, 3.8) is 0 Å². The summed E-state index contributed by atoms with van der Waals surface area (Å²) in [5.74, 6) is 0.248. The topological polar surface area (TPSA) is 49.9 Å². The van der Waals surface area contributed by atoms with Gasteiger partial charge in [-0.05, 0) is 49.4 Å². The van der Waals surface area contributed by atoms with Gasteiger partial charge in [0.05, 0.1) is 11.6 Å². The molecule has 0 aromatic heterocycles. The lowest BCUT2D eigenvalue weighted by atomic mass is 10.2. The van der Waals surface area contributed by atoms with Gasteiger partial charge in [0.15, 0.2) is 0 Å². The number of piperazine rings is 1. The molecule has 1 fully saturated rings. The van der Waals surface area contributed by atoms with Gasteiger partial charge in [0.2, 0.25) is 10.0 Å². The third-order valence-corrected chi connectivity index (χ3v) is 6.64. The molecule has 1 aliphatic rings. The predicted octanol–water partition coefficient (Wildman–Crippen LogP) is 3.39. The van der Waals surface area contributed by atoms with Crippen LogP contribution in [-0.4, -0.2) is 45.5 Å². The van der Waals surface area contributed by atoms with E-state index < -0.39 is 15.8 Å². The summed E-state index contributed by atoms with van der Waals surface area (Å²) in [4.78, 5) is 2.06. The van der Waals surface area contributed by atoms with E-state index in [2.05, 4.69) is 4.90 Å². The molecule has 8 heteroatoms. The lowest BCUT2D eigenvalue weighted by Crippen LogP contribution is -2.48. The molecule has 0 atom stereocenters. The number of anilines is 1. The number of hydrogen-bond donors (Lipinski definition) is 0. The summed E-state index contributed by atoms with van der Waals surface area (Å²) < 4.78 is 45.5.